The Morgan fingerprint density at radius 3 is 2.67 bits per heavy atom. The number of nitriles is 1. The minimum Gasteiger partial charge on any atom is -0.490 e. The van der Waals surface area contributed by atoms with Crippen LogP contribution in [-0.2, 0) is 0 Å². The lowest BCUT2D eigenvalue weighted by atomic mass is 10.3. The van der Waals surface area contributed by atoms with Gasteiger partial charge in [0.25, 0.3) is 0 Å². The summed E-state index contributed by atoms with van der Waals surface area (Å²) in [5.41, 5.74) is 6.45. The number of nitrogen functional groups attached to an aromatic ring is 1. The molecule has 0 aromatic heterocycles. The van der Waals surface area contributed by atoms with Gasteiger partial charge in [0.1, 0.15) is 12.4 Å². The maximum atomic E-state index is 8.61. The van der Waals surface area contributed by atoms with E-state index in [2.05, 4.69) is 24.8 Å². The van der Waals surface area contributed by atoms with Gasteiger partial charge in [0.15, 0.2) is 0 Å². The maximum Gasteiger partial charge on any atom is 0.142 e. The van der Waals surface area contributed by atoms with E-state index in [0.717, 1.165) is 18.8 Å². The predicted molar refractivity (Wildman–Crippen MR) is 73.3 cm³/mol. The van der Waals surface area contributed by atoms with Crippen LogP contribution in [0.2, 0.25) is 0 Å². The Bertz CT molecular complexity index is 398. The summed E-state index contributed by atoms with van der Waals surface area (Å²) in [5, 5.41) is 8.61. The smallest absolute Gasteiger partial charge is 0.142 e. The van der Waals surface area contributed by atoms with E-state index in [9.17, 15) is 0 Å². The Hall–Kier alpha value is -1.73. The molecule has 4 nitrogen and oxygen atoms in total. The van der Waals surface area contributed by atoms with Crippen molar-refractivity contribution in [2.24, 2.45) is 0 Å². The van der Waals surface area contributed by atoms with E-state index in [1.165, 1.54) is 0 Å². The molecule has 0 spiro atoms. The van der Waals surface area contributed by atoms with E-state index in [-0.39, 0.29) is 0 Å². The Morgan fingerprint density at radius 1 is 1.33 bits per heavy atom. The number of para-hydroxylation sites is 2. The second kappa shape index (κ2) is 7.57. The highest BCUT2D eigenvalue weighted by molar-refractivity contribution is 5.51. The molecule has 0 unspecified atom stereocenters. The summed E-state index contributed by atoms with van der Waals surface area (Å²) in [5.74, 6) is 0.724. The number of ether oxygens (including phenoxy) is 1. The van der Waals surface area contributed by atoms with Crippen LogP contribution >= 0.6 is 0 Å². The fraction of sp³-hybridized carbons (Fsp3) is 0.500. The standard InChI is InChI=1S/C14H21N3O/c1-12(2)17(9-5-8-15)10-11-18-14-7-4-3-6-13(14)16/h3-4,6-7,12H,5,9-11,16H2,1-2H3. The zero-order valence-electron chi connectivity index (χ0n) is 11.1. The lowest BCUT2D eigenvalue weighted by Gasteiger charge is -2.25. The van der Waals surface area contributed by atoms with Crippen LogP contribution in [-0.4, -0.2) is 30.6 Å². The quantitative estimate of drug-likeness (QED) is 0.751. The van der Waals surface area contributed by atoms with Crippen LogP contribution in [0.3, 0.4) is 0 Å². The highest BCUT2D eigenvalue weighted by Gasteiger charge is 2.09. The summed E-state index contributed by atoms with van der Waals surface area (Å²) in [6.07, 6.45) is 0.547. The number of rotatable bonds is 7. The fourth-order valence-electron chi connectivity index (χ4n) is 1.71. The van der Waals surface area contributed by atoms with Gasteiger partial charge >= 0.3 is 0 Å². The first-order valence-electron chi connectivity index (χ1n) is 6.23. The van der Waals surface area contributed by atoms with Gasteiger partial charge in [-0.2, -0.15) is 5.26 Å². The molecule has 1 rings (SSSR count). The van der Waals surface area contributed by atoms with E-state index in [4.69, 9.17) is 15.7 Å². The number of anilines is 1. The first-order chi connectivity index (χ1) is 8.65. The Kier molecular flexibility index (Phi) is 6.03. The molecule has 0 atom stereocenters. The van der Waals surface area contributed by atoms with Gasteiger partial charge in [-0.1, -0.05) is 12.1 Å². The van der Waals surface area contributed by atoms with Crippen LogP contribution < -0.4 is 10.5 Å². The number of nitrogens with zero attached hydrogens (tertiary/aromatic N) is 2. The first kappa shape index (κ1) is 14.3. The summed E-state index contributed by atoms with van der Waals surface area (Å²) in [4.78, 5) is 2.22. The van der Waals surface area contributed by atoms with E-state index in [0.29, 0.717) is 24.8 Å². The van der Waals surface area contributed by atoms with Gasteiger partial charge < -0.3 is 10.5 Å². The molecule has 0 aliphatic heterocycles. The summed E-state index contributed by atoms with van der Waals surface area (Å²) in [6.45, 7) is 6.40. The lowest BCUT2D eigenvalue weighted by Crippen LogP contribution is -2.35. The van der Waals surface area contributed by atoms with E-state index >= 15 is 0 Å². The topological polar surface area (TPSA) is 62.3 Å². The highest BCUT2D eigenvalue weighted by atomic mass is 16.5. The molecule has 0 amide bonds. The normalized spacial score (nSPS) is 10.6. The van der Waals surface area contributed by atoms with Crippen molar-refractivity contribution in [1.82, 2.24) is 4.90 Å². The van der Waals surface area contributed by atoms with Crippen LogP contribution in [0.4, 0.5) is 5.69 Å². The Morgan fingerprint density at radius 2 is 2.06 bits per heavy atom. The molecule has 0 saturated carbocycles. The second-order valence-electron chi connectivity index (χ2n) is 4.42. The molecule has 0 bridgehead atoms. The highest BCUT2D eigenvalue weighted by Crippen LogP contribution is 2.19. The van der Waals surface area contributed by atoms with Gasteiger partial charge in [0, 0.05) is 25.6 Å². The third-order valence-corrected chi connectivity index (χ3v) is 2.80. The van der Waals surface area contributed by atoms with Crippen molar-refractivity contribution >= 4 is 5.69 Å². The predicted octanol–water partition coefficient (Wildman–Crippen LogP) is 2.27. The van der Waals surface area contributed by atoms with Gasteiger partial charge in [0.05, 0.1) is 11.8 Å². The molecule has 1 aromatic rings. The largest absolute Gasteiger partial charge is 0.490 e. The van der Waals surface area contributed by atoms with Crippen molar-refractivity contribution in [3.05, 3.63) is 24.3 Å². The fourth-order valence-corrected chi connectivity index (χ4v) is 1.71. The number of benzene rings is 1. The molecular weight excluding hydrogens is 226 g/mol. The average Bonchev–Trinajstić information content (AvgIpc) is 2.35. The van der Waals surface area contributed by atoms with Crippen LogP contribution in [0.1, 0.15) is 20.3 Å². The van der Waals surface area contributed by atoms with Crippen LogP contribution in [0.15, 0.2) is 24.3 Å². The Labute approximate surface area is 109 Å². The van der Waals surface area contributed by atoms with E-state index in [1.54, 1.807) is 0 Å². The molecule has 0 aliphatic rings. The second-order valence-corrected chi connectivity index (χ2v) is 4.42. The Balaban J connectivity index is 2.39. The van der Waals surface area contributed by atoms with Crippen molar-refractivity contribution < 1.29 is 4.74 Å². The van der Waals surface area contributed by atoms with Crippen molar-refractivity contribution in [3.63, 3.8) is 0 Å². The minimum atomic E-state index is 0.412. The molecule has 0 aliphatic carbocycles. The number of hydrogen-bond acceptors (Lipinski definition) is 4. The molecule has 0 heterocycles. The zero-order chi connectivity index (χ0) is 13.4. The number of hydrogen-bond donors (Lipinski definition) is 1. The molecule has 0 radical (unpaired) electrons. The lowest BCUT2D eigenvalue weighted by molar-refractivity contribution is 0.179. The number of nitrogens with two attached hydrogens (primary N) is 1. The van der Waals surface area contributed by atoms with Gasteiger partial charge in [-0.05, 0) is 26.0 Å². The molecule has 4 heteroatoms. The first-order valence-corrected chi connectivity index (χ1v) is 6.23. The summed E-state index contributed by atoms with van der Waals surface area (Å²) >= 11 is 0. The molecule has 0 saturated heterocycles. The summed E-state index contributed by atoms with van der Waals surface area (Å²) < 4.78 is 5.65. The van der Waals surface area contributed by atoms with Crippen molar-refractivity contribution in [1.29, 1.82) is 5.26 Å². The van der Waals surface area contributed by atoms with E-state index < -0.39 is 0 Å². The van der Waals surface area contributed by atoms with Gasteiger partial charge in [-0.25, -0.2) is 0 Å². The summed E-state index contributed by atoms with van der Waals surface area (Å²) in [7, 11) is 0. The average molecular weight is 247 g/mol. The molecule has 18 heavy (non-hydrogen) atoms. The van der Waals surface area contributed by atoms with Gasteiger partial charge in [-0.15, -0.1) is 0 Å². The maximum absolute atomic E-state index is 8.61. The van der Waals surface area contributed by atoms with Crippen LogP contribution in [0, 0.1) is 11.3 Å². The summed E-state index contributed by atoms with van der Waals surface area (Å²) in [6, 6.07) is 10.1. The molecule has 0 fully saturated rings. The minimum absolute atomic E-state index is 0.412. The van der Waals surface area contributed by atoms with Gasteiger partial charge in [0.2, 0.25) is 0 Å². The molecular formula is C14H21N3O. The third kappa shape index (κ3) is 4.64. The van der Waals surface area contributed by atoms with Gasteiger partial charge in [-0.3, -0.25) is 4.90 Å². The monoisotopic (exact) mass is 247 g/mol. The van der Waals surface area contributed by atoms with Crippen LogP contribution in [0.5, 0.6) is 5.75 Å². The van der Waals surface area contributed by atoms with Crippen molar-refractivity contribution in [2.75, 3.05) is 25.4 Å². The third-order valence-electron chi connectivity index (χ3n) is 2.80. The SMILES string of the molecule is CC(C)N(CCC#N)CCOc1ccccc1N. The molecule has 2 N–H and O–H groups in total. The van der Waals surface area contributed by atoms with Crippen molar-refractivity contribution in [2.45, 2.75) is 26.3 Å². The van der Waals surface area contributed by atoms with E-state index in [1.807, 2.05) is 24.3 Å². The van der Waals surface area contributed by atoms with Crippen molar-refractivity contribution in [3.8, 4) is 11.8 Å². The molecule has 98 valence electrons. The van der Waals surface area contributed by atoms with Crippen LogP contribution in [0.25, 0.3) is 0 Å². The zero-order valence-corrected chi connectivity index (χ0v) is 11.1. The molecule has 1 aromatic carbocycles.